The number of amides is 1. The minimum atomic E-state index is -0.599. The van der Waals surface area contributed by atoms with Crippen molar-refractivity contribution in [2.75, 3.05) is 13.2 Å². The second-order valence-electron chi connectivity index (χ2n) is 5.88. The van der Waals surface area contributed by atoms with Crippen molar-refractivity contribution in [3.05, 3.63) is 66.7 Å². The largest absolute Gasteiger partial charge is 0.460 e. The molecule has 0 heterocycles. The molecule has 0 radical (unpaired) electrons. The Morgan fingerprint density at radius 1 is 1.00 bits per heavy atom. The van der Waals surface area contributed by atoms with Crippen molar-refractivity contribution in [1.29, 1.82) is 0 Å². The molecule has 0 aromatic heterocycles. The molecule has 0 aliphatic carbocycles. The topological polar surface area (TPSA) is 64.6 Å². The van der Waals surface area contributed by atoms with Gasteiger partial charge in [0.2, 0.25) is 0 Å². The Hall–Kier alpha value is -3.34. The van der Waals surface area contributed by atoms with Crippen LogP contribution in [0.5, 0.6) is 5.75 Å². The number of esters is 1. The molecule has 0 aliphatic heterocycles. The molecule has 1 amide bonds. The van der Waals surface area contributed by atoms with E-state index in [9.17, 15) is 9.59 Å². The molecule has 0 aliphatic rings. The summed E-state index contributed by atoms with van der Waals surface area (Å²) >= 11 is 0. The van der Waals surface area contributed by atoms with Gasteiger partial charge in [0.1, 0.15) is 12.4 Å². The van der Waals surface area contributed by atoms with Crippen molar-refractivity contribution in [3.63, 3.8) is 0 Å². The molecular formula is C21H19NO4. The van der Waals surface area contributed by atoms with Gasteiger partial charge in [0.15, 0.2) is 0 Å². The Morgan fingerprint density at radius 3 is 2.15 bits per heavy atom. The quantitative estimate of drug-likeness (QED) is 0.324. The molecule has 1 N–H and O–H groups in total. The Labute approximate surface area is 151 Å². The minimum Gasteiger partial charge on any atom is -0.460 e. The van der Waals surface area contributed by atoms with Crippen LogP contribution in [0.4, 0.5) is 4.79 Å². The summed E-state index contributed by atoms with van der Waals surface area (Å²) in [5.74, 6) is 0.0235. The Bertz CT molecular complexity index is 940. The maximum absolute atomic E-state index is 12.2. The van der Waals surface area contributed by atoms with Gasteiger partial charge in [0.25, 0.3) is 0 Å². The molecule has 0 saturated carbocycles. The van der Waals surface area contributed by atoms with Gasteiger partial charge in [0, 0.05) is 16.3 Å². The van der Waals surface area contributed by atoms with E-state index in [0.717, 1.165) is 21.5 Å². The van der Waals surface area contributed by atoms with Crippen LogP contribution >= 0.6 is 0 Å². The molecule has 3 aromatic rings. The zero-order chi connectivity index (χ0) is 18.5. The van der Waals surface area contributed by atoms with Gasteiger partial charge in [-0.2, -0.15) is 0 Å². The van der Waals surface area contributed by atoms with Crippen LogP contribution in [-0.2, 0) is 9.53 Å². The minimum absolute atomic E-state index is 0.0527. The van der Waals surface area contributed by atoms with E-state index in [1.165, 1.54) is 0 Å². The highest BCUT2D eigenvalue weighted by molar-refractivity contribution is 6.06. The summed E-state index contributed by atoms with van der Waals surface area (Å²) in [7, 11) is 0. The van der Waals surface area contributed by atoms with E-state index in [1.807, 2.05) is 48.5 Å². The lowest BCUT2D eigenvalue weighted by Crippen LogP contribution is -2.30. The van der Waals surface area contributed by atoms with E-state index >= 15 is 0 Å². The standard InChI is InChI=1S/C21H19NO4/c1-14(2)20(23)25-12-11-22-21(24)26-19-17-9-5-3-7-15(17)13-16-8-4-6-10-18(16)19/h3-10,13H,1,11-12H2,2H3,(H,22,24). The van der Waals surface area contributed by atoms with Crippen LogP contribution in [0.3, 0.4) is 0 Å². The molecule has 3 rings (SSSR count). The highest BCUT2D eigenvalue weighted by Gasteiger charge is 2.12. The number of rotatable bonds is 5. The Morgan fingerprint density at radius 2 is 1.58 bits per heavy atom. The van der Waals surface area contributed by atoms with Gasteiger partial charge >= 0.3 is 12.1 Å². The molecule has 0 saturated heterocycles. The number of ether oxygens (including phenoxy) is 2. The maximum atomic E-state index is 12.2. The number of carbonyl (C=O) groups is 2. The van der Waals surface area contributed by atoms with Crippen molar-refractivity contribution >= 4 is 33.6 Å². The van der Waals surface area contributed by atoms with Crippen molar-refractivity contribution in [2.45, 2.75) is 6.92 Å². The monoisotopic (exact) mass is 349 g/mol. The number of fused-ring (bicyclic) bond motifs is 2. The average molecular weight is 349 g/mol. The van der Waals surface area contributed by atoms with Crippen LogP contribution in [0, 0.1) is 0 Å². The number of nitrogens with one attached hydrogen (secondary N) is 1. The number of hydrogen-bond acceptors (Lipinski definition) is 4. The van der Waals surface area contributed by atoms with Gasteiger partial charge in [0.05, 0.1) is 6.54 Å². The summed E-state index contributed by atoms with van der Waals surface area (Å²) in [5, 5.41) is 6.28. The van der Waals surface area contributed by atoms with Crippen LogP contribution in [0.15, 0.2) is 66.7 Å². The Balaban J connectivity index is 1.76. The van der Waals surface area contributed by atoms with Crippen LogP contribution in [-0.4, -0.2) is 25.2 Å². The van der Waals surface area contributed by atoms with Crippen LogP contribution in [0.1, 0.15) is 6.92 Å². The fourth-order valence-corrected chi connectivity index (χ4v) is 2.63. The van der Waals surface area contributed by atoms with Crippen molar-refractivity contribution in [1.82, 2.24) is 5.32 Å². The maximum Gasteiger partial charge on any atom is 0.412 e. The van der Waals surface area contributed by atoms with Gasteiger partial charge in [-0.05, 0) is 23.8 Å². The third-order valence-corrected chi connectivity index (χ3v) is 3.87. The van der Waals surface area contributed by atoms with E-state index in [-0.39, 0.29) is 13.2 Å². The number of carbonyl (C=O) groups excluding carboxylic acids is 2. The zero-order valence-corrected chi connectivity index (χ0v) is 14.5. The van der Waals surface area contributed by atoms with E-state index in [1.54, 1.807) is 6.92 Å². The first-order valence-corrected chi connectivity index (χ1v) is 8.25. The molecule has 132 valence electrons. The predicted molar refractivity (Wildman–Crippen MR) is 101 cm³/mol. The van der Waals surface area contributed by atoms with Crippen LogP contribution < -0.4 is 10.1 Å². The highest BCUT2D eigenvalue weighted by Crippen LogP contribution is 2.34. The summed E-state index contributed by atoms with van der Waals surface area (Å²) in [4.78, 5) is 23.5. The summed E-state index contributed by atoms with van der Waals surface area (Å²) in [6.07, 6.45) is -0.599. The first-order chi connectivity index (χ1) is 12.6. The molecule has 0 spiro atoms. The molecule has 5 heteroatoms. The molecule has 0 unspecified atom stereocenters. The van der Waals surface area contributed by atoms with Crippen molar-refractivity contribution in [3.8, 4) is 5.75 Å². The Kier molecular flexibility index (Phi) is 5.17. The molecule has 3 aromatic carbocycles. The summed E-state index contributed by atoms with van der Waals surface area (Å²) in [6.45, 7) is 5.27. The first kappa shape index (κ1) is 17.5. The number of hydrogen-bond donors (Lipinski definition) is 1. The van der Waals surface area contributed by atoms with Crippen molar-refractivity contribution < 1.29 is 19.1 Å². The molecule has 26 heavy (non-hydrogen) atoms. The summed E-state index contributed by atoms with van der Waals surface area (Å²) in [6, 6.07) is 17.5. The van der Waals surface area contributed by atoms with Gasteiger partial charge in [-0.25, -0.2) is 9.59 Å². The van der Waals surface area contributed by atoms with E-state index in [2.05, 4.69) is 18.0 Å². The van der Waals surface area contributed by atoms with Gasteiger partial charge in [-0.15, -0.1) is 0 Å². The van der Waals surface area contributed by atoms with Gasteiger partial charge < -0.3 is 14.8 Å². The summed E-state index contributed by atoms with van der Waals surface area (Å²) < 4.78 is 10.5. The molecule has 5 nitrogen and oxygen atoms in total. The van der Waals surface area contributed by atoms with E-state index < -0.39 is 12.1 Å². The lowest BCUT2D eigenvalue weighted by atomic mass is 10.0. The molecular weight excluding hydrogens is 330 g/mol. The fourth-order valence-electron chi connectivity index (χ4n) is 2.63. The highest BCUT2D eigenvalue weighted by atomic mass is 16.6. The molecule has 0 fully saturated rings. The normalized spacial score (nSPS) is 10.5. The van der Waals surface area contributed by atoms with Gasteiger partial charge in [-0.3, -0.25) is 0 Å². The SMILES string of the molecule is C=C(C)C(=O)OCCNC(=O)Oc1c2ccccc2cc2ccccc12. The lowest BCUT2D eigenvalue weighted by molar-refractivity contribution is -0.138. The smallest absolute Gasteiger partial charge is 0.412 e. The molecule has 0 atom stereocenters. The second-order valence-corrected chi connectivity index (χ2v) is 5.88. The third-order valence-electron chi connectivity index (χ3n) is 3.87. The van der Waals surface area contributed by atoms with Crippen molar-refractivity contribution in [2.24, 2.45) is 0 Å². The second kappa shape index (κ2) is 7.70. The third kappa shape index (κ3) is 3.83. The first-order valence-electron chi connectivity index (χ1n) is 8.25. The van der Waals surface area contributed by atoms with E-state index in [0.29, 0.717) is 11.3 Å². The predicted octanol–water partition coefficient (Wildman–Crippen LogP) is 4.20. The van der Waals surface area contributed by atoms with Crippen LogP contribution in [0.25, 0.3) is 21.5 Å². The number of benzene rings is 3. The fraction of sp³-hybridized carbons (Fsp3) is 0.143. The van der Waals surface area contributed by atoms with Crippen LogP contribution in [0.2, 0.25) is 0 Å². The average Bonchev–Trinajstić information content (AvgIpc) is 2.64. The lowest BCUT2D eigenvalue weighted by Gasteiger charge is -2.12. The zero-order valence-electron chi connectivity index (χ0n) is 14.5. The van der Waals surface area contributed by atoms with E-state index in [4.69, 9.17) is 9.47 Å². The summed E-state index contributed by atoms with van der Waals surface area (Å²) in [5.41, 5.74) is 0.315. The van der Waals surface area contributed by atoms with Gasteiger partial charge in [-0.1, -0.05) is 55.1 Å². The molecule has 0 bridgehead atoms.